The second-order valence-corrected chi connectivity index (χ2v) is 6.71. The summed E-state index contributed by atoms with van der Waals surface area (Å²) in [6.07, 6.45) is 0.772. The highest BCUT2D eigenvalue weighted by molar-refractivity contribution is 7.11. The summed E-state index contributed by atoms with van der Waals surface area (Å²) >= 11 is 1.73. The highest BCUT2D eigenvalue weighted by Crippen LogP contribution is 2.19. The van der Waals surface area contributed by atoms with Crippen molar-refractivity contribution in [2.75, 3.05) is 6.61 Å². The molecule has 2 amide bonds. The molecular weight excluding hydrogens is 312 g/mol. The minimum atomic E-state index is -0.582. The fraction of sp³-hybridized carbons (Fsp3) is 0.294. The number of para-hydroxylation sites is 1. The molecule has 2 rings (SSSR count). The van der Waals surface area contributed by atoms with Crippen LogP contribution in [-0.2, 0) is 11.2 Å². The molecule has 0 spiro atoms. The van der Waals surface area contributed by atoms with E-state index in [2.05, 4.69) is 24.4 Å². The van der Waals surface area contributed by atoms with E-state index in [0.29, 0.717) is 11.3 Å². The third-order valence-corrected chi connectivity index (χ3v) is 4.21. The Balaban J connectivity index is 2.00. The van der Waals surface area contributed by atoms with Crippen LogP contribution in [0.2, 0.25) is 0 Å². The normalized spacial score (nSPS) is 11.7. The van der Waals surface area contributed by atoms with Crippen LogP contribution in [0.1, 0.15) is 27.0 Å². The van der Waals surface area contributed by atoms with E-state index in [1.807, 2.05) is 6.92 Å². The van der Waals surface area contributed by atoms with Gasteiger partial charge in [-0.2, -0.15) is 0 Å². The lowest BCUT2D eigenvalue weighted by Crippen LogP contribution is -2.34. The Hall–Kier alpha value is -2.34. The van der Waals surface area contributed by atoms with Crippen LogP contribution < -0.4 is 15.8 Å². The number of thiophene rings is 1. The molecule has 23 heavy (non-hydrogen) atoms. The van der Waals surface area contributed by atoms with Crippen molar-refractivity contribution in [2.45, 2.75) is 26.3 Å². The number of rotatable bonds is 7. The van der Waals surface area contributed by atoms with E-state index >= 15 is 0 Å². The first kappa shape index (κ1) is 17.0. The maximum Gasteiger partial charge on any atom is 0.255 e. The average Bonchev–Trinajstić information content (AvgIpc) is 2.90. The van der Waals surface area contributed by atoms with Gasteiger partial charge in [0.15, 0.2) is 6.61 Å². The van der Waals surface area contributed by atoms with Crippen molar-refractivity contribution in [3.8, 4) is 5.75 Å². The lowest BCUT2D eigenvalue weighted by atomic mass is 10.1. The van der Waals surface area contributed by atoms with Gasteiger partial charge in [0.1, 0.15) is 5.75 Å². The second kappa shape index (κ2) is 7.78. The smallest absolute Gasteiger partial charge is 0.255 e. The van der Waals surface area contributed by atoms with Gasteiger partial charge >= 0.3 is 0 Å². The summed E-state index contributed by atoms with van der Waals surface area (Å²) in [5, 5.41) is 2.95. The lowest BCUT2D eigenvalue weighted by Gasteiger charge is -2.15. The number of ether oxygens (including phenoxy) is 1. The molecule has 0 aliphatic carbocycles. The zero-order chi connectivity index (χ0) is 16.8. The molecule has 1 unspecified atom stereocenters. The summed E-state index contributed by atoms with van der Waals surface area (Å²) in [5.74, 6) is -0.463. The first-order chi connectivity index (χ1) is 11.0. The molecule has 0 aliphatic heterocycles. The molecule has 0 saturated heterocycles. The van der Waals surface area contributed by atoms with Crippen LogP contribution in [0, 0.1) is 6.92 Å². The van der Waals surface area contributed by atoms with Crippen molar-refractivity contribution in [1.82, 2.24) is 5.32 Å². The SMILES string of the molecule is Cc1ccc(CC(C)NC(=O)c2ccccc2OCC(N)=O)s1. The van der Waals surface area contributed by atoms with Crippen LogP contribution in [-0.4, -0.2) is 24.5 Å². The van der Waals surface area contributed by atoms with Gasteiger partial charge < -0.3 is 15.8 Å². The first-order valence-corrected chi connectivity index (χ1v) is 8.13. The number of hydrogen-bond donors (Lipinski definition) is 2. The molecule has 0 saturated carbocycles. The molecule has 1 aromatic carbocycles. The third kappa shape index (κ3) is 5.10. The van der Waals surface area contributed by atoms with Crippen molar-refractivity contribution >= 4 is 23.2 Å². The van der Waals surface area contributed by atoms with E-state index in [1.54, 1.807) is 35.6 Å². The number of carbonyl (C=O) groups excluding carboxylic acids is 2. The summed E-state index contributed by atoms with van der Waals surface area (Å²) in [5.41, 5.74) is 5.46. The molecule has 2 aromatic rings. The molecule has 1 atom stereocenters. The number of benzene rings is 1. The zero-order valence-corrected chi connectivity index (χ0v) is 14.0. The molecule has 1 aromatic heterocycles. The summed E-state index contributed by atoms with van der Waals surface area (Å²) in [7, 11) is 0. The summed E-state index contributed by atoms with van der Waals surface area (Å²) in [4.78, 5) is 25.7. The fourth-order valence-electron chi connectivity index (χ4n) is 2.18. The number of nitrogens with two attached hydrogens (primary N) is 1. The maximum absolute atomic E-state index is 12.4. The molecule has 6 heteroatoms. The largest absolute Gasteiger partial charge is 0.483 e. The second-order valence-electron chi connectivity index (χ2n) is 5.34. The molecule has 0 fully saturated rings. The molecule has 0 aliphatic rings. The van der Waals surface area contributed by atoms with E-state index < -0.39 is 5.91 Å². The number of aryl methyl sites for hydroxylation is 1. The Morgan fingerprint density at radius 1 is 1.26 bits per heavy atom. The van der Waals surface area contributed by atoms with Crippen molar-refractivity contribution in [3.05, 3.63) is 51.7 Å². The van der Waals surface area contributed by atoms with Gasteiger partial charge in [-0.1, -0.05) is 12.1 Å². The van der Waals surface area contributed by atoms with E-state index in [9.17, 15) is 9.59 Å². The Labute approximate surface area is 139 Å². The number of primary amides is 1. The van der Waals surface area contributed by atoms with E-state index in [1.165, 1.54) is 9.75 Å². The highest BCUT2D eigenvalue weighted by atomic mass is 32.1. The van der Waals surface area contributed by atoms with Gasteiger partial charge in [-0.05, 0) is 38.1 Å². The molecule has 3 N–H and O–H groups in total. The van der Waals surface area contributed by atoms with Gasteiger partial charge in [-0.25, -0.2) is 0 Å². The molecule has 122 valence electrons. The monoisotopic (exact) mass is 332 g/mol. The number of hydrogen-bond acceptors (Lipinski definition) is 4. The molecule has 0 bridgehead atoms. The Morgan fingerprint density at radius 3 is 2.65 bits per heavy atom. The third-order valence-electron chi connectivity index (χ3n) is 3.18. The zero-order valence-electron chi connectivity index (χ0n) is 13.2. The van der Waals surface area contributed by atoms with Crippen LogP contribution >= 0.6 is 11.3 Å². The van der Waals surface area contributed by atoms with Crippen LogP contribution in [0.25, 0.3) is 0 Å². The van der Waals surface area contributed by atoms with Gasteiger partial charge in [0, 0.05) is 22.2 Å². The highest BCUT2D eigenvalue weighted by Gasteiger charge is 2.15. The van der Waals surface area contributed by atoms with E-state index in [-0.39, 0.29) is 18.6 Å². The minimum Gasteiger partial charge on any atom is -0.483 e. The Kier molecular flexibility index (Phi) is 5.76. The molecular formula is C17H20N2O3S. The van der Waals surface area contributed by atoms with Crippen LogP contribution in [0.3, 0.4) is 0 Å². The van der Waals surface area contributed by atoms with E-state index in [4.69, 9.17) is 10.5 Å². The molecule has 1 heterocycles. The van der Waals surface area contributed by atoms with Crippen LogP contribution in [0.15, 0.2) is 36.4 Å². The summed E-state index contributed by atoms with van der Waals surface area (Å²) < 4.78 is 5.29. The maximum atomic E-state index is 12.4. The number of nitrogens with one attached hydrogen (secondary N) is 1. The Morgan fingerprint density at radius 2 is 2.00 bits per heavy atom. The van der Waals surface area contributed by atoms with Crippen molar-refractivity contribution in [2.24, 2.45) is 5.73 Å². The van der Waals surface area contributed by atoms with Gasteiger partial charge in [0.05, 0.1) is 5.56 Å². The average molecular weight is 332 g/mol. The first-order valence-electron chi connectivity index (χ1n) is 7.32. The number of carbonyl (C=O) groups is 2. The van der Waals surface area contributed by atoms with Crippen LogP contribution in [0.5, 0.6) is 5.75 Å². The fourth-order valence-corrected chi connectivity index (χ4v) is 3.20. The van der Waals surface area contributed by atoms with Crippen molar-refractivity contribution < 1.29 is 14.3 Å². The predicted octanol–water partition coefficient (Wildman–Crippen LogP) is 2.28. The topological polar surface area (TPSA) is 81.4 Å². The van der Waals surface area contributed by atoms with Gasteiger partial charge in [0.2, 0.25) is 0 Å². The van der Waals surface area contributed by atoms with E-state index in [0.717, 1.165) is 6.42 Å². The van der Waals surface area contributed by atoms with Crippen molar-refractivity contribution in [1.29, 1.82) is 0 Å². The lowest BCUT2D eigenvalue weighted by molar-refractivity contribution is -0.119. The summed E-state index contributed by atoms with van der Waals surface area (Å²) in [6, 6.07) is 10.9. The standard InChI is InChI=1S/C17H20N2O3S/c1-11(9-13-8-7-12(2)23-13)19-17(21)14-5-3-4-6-15(14)22-10-16(18)20/h3-8,11H,9-10H2,1-2H3,(H2,18,20)(H,19,21). The van der Waals surface area contributed by atoms with Crippen LogP contribution in [0.4, 0.5) is 0 Å². The number of amides is 2. The quantitative estimate of drug-likeness (QED) is 0.816. The van der Waals surface area contributed by atoms with Gasteiger partial charge in [-0.3, -0.25) is 9.59 Å². The summed E-state index contributed by atoms with van der Waals surface area (Å²) in [6.45, 7) is 3.76. The Bertz CT molecular complexity index is 697. The van der Waals surface area contributed by atoms with Crippen molar-refractivity contribution in [3.63, 3.8) is 0 Å². The van der Waals surface area contributed by atoms with Gasteiger partial charge in [0.25, 0.3) is 11.8 Å². The molecule has 0 radical (unpaired) electrons. The predicted molar refractivity (Wildman–Crippen MR) is 90.8 cm³/mol. The minimum absolute atomic E-state index is 0.00949. The van der Waals surface area contributed by atoms with Gasteiger partial charge in [-0.15, -0.1) is 11.3 Å². The molecule has 5 nitrogen and oxygen atoms in total.